The molecular weight excluding hydrogens is 162 g/mol. The largest absolute Gasteiger partial charge is 0.312 e. The van der Waals surface area contributed by atoms with E-state index < -0.39 is 9.84 Å². The molecule has 66 valence electrons. The molecule has 0 aromatic carbocycles. The summed E-state index contributed by atoms with van der Waals surface area (Å²) in [4.78, 5) is 0. The van der Waals surface area contributed by atoms with E-state index in [1.54, 1.807) is 0 Å². The van der Waals surface area contributed by atoms with Gasteiger partial charge in [-0.25, -0.2) is 8.42 Å². The van der Waals surface area contributed by atoms with Crippen LogP contribution in [-0.4, -0.2) is 32.0 Å². The fourth-order valence-corrected chi connectivity index (χ4v) is 3.35. The molecule has 1 heterocycles. The van der Waals surface area contributed by atoms with Crippen molar-refractivity contribution in [3.8, 4) is 0 Å². The second kappa shape index (κ2) is 3.11. The molecular formula is C7H15NO2S. The molecule has 2 atom stereocenters. The maximum Gasteiger partial charge on any atom is 0.155 e. The van der Waals surface area contributed by atoms with Gasteiger partial charge in [0.2, 0.25) is 0 Å². The third kappa shape index (κ3) is 1.93. The number of hydrogen-bond donors (Lipinski definition) is 1. The Labute approximate surface area is 68.1 Å². The fourth-order valence-electron chi connectivity index (χ4n) is 1.40. The Morgan fingerprint density at radius 2 is 2.18 bits per heavy atom. The number of hydrogen-bond acceptors (Lipinski definition) is 3. The fraction of sp³-hybridized carbons (Fsp3) is 1.00. The molecule has 0 radical (unpaired) electrons. The van der Waals surface area contributed by atoms with E-state index in [-0.39, 0.29) is 11.3 Å². The molecule has 11 heavy (non-hydrogen) atoms. The van der Waals surface area contributed by atoms with E-state index in [4.69, 9.17) is 0 Å². The van der Waals surface area contributed by atoms with Crippen LogP contribution in [0.4, 0.5) is 0 Å². The van der Waals surface area contributed by atoms with Crippen LogP contribution in [0, 0.1) is 0 Å². The van der Waals surface area contributed by atoms with Crippen molar-refractivity contribution in [2.45, 2.75) is 31.6 Å². The van der Waals surface area contributed by atoms with E-state index >= 15 is 0 Å². The Balaban J connectivity index is 2.73. The minimum absolute atomic E-state index is 0.128. The van der Waals surface area contributed by atoms with E-state index in [1.807, 2.05) is 13.8 Å². The summed E-state index contributed by atoms with van der Waals surface area (Å²) in [5, 5.41) is 3.01. The SMILES string of the molecule is CCC1CNC(C)CS1(=O)=O. The highest BCUT2D eigenvalue weighted by atomic mass is 32.2. The summed E-state index contributed by atoms with van der Waals surface area (Å²) in [6.45, 7) is 4.45. The third-order valence-electron chi connectivity index (χ3n) is 2.14. The van der Waals surface area contributed by atoms with Gasteiger partial charge in [0.15, 0.2) is 9.84 Å². The summed E-state index contributed by atoms with van der Waals surface area (Å²) in [5.41, 5.74) is 0. The lowest BCUT2D eigenvalue weighted by Crippen LogP contribution is -2.48. The first-order chi connectivity index (χ1) is 5.06. The van der Waals surface area contributed by atoms with Gasteiger partial charge in [0, 0.05) is 12.6 Å². The lowest BCUT2D eigenvalue weighted by Gasteiger charge is -2.26. The van der Waals surface area contributed by atoms with Gasteiger partial charge >= 0.3 is 0 Å². The van der Waals surface area contributed by atoms with Crippen LogP contribution in [0.5, 0.6) is 0 Å². The van der Waals surface area contributed by atoms with E-state index in [0.29, 0.717) is 12.3 Å². The van der Waals surface area contributed by atoms with Gasteiger partial charge in [-0.2, -0.15) is 0 Å². The highest BCUT2D eigenvalue weighted by molar-refractivity contribution is 7.92. The molecule has 1 rings (SSSR count). The third-order valence-corrected chi connectivity index (χ3v) is 4.62. The molecule has 1 aliphatic heterocycles. The van der Waals surface area contributed by atoms with Crippen LogP contribution in [0.15, 0.2) is 0 Å². The monoisotopic (exact) mass is 177 g/mol. The molecule has 0 saturated carbocycles. The molecule has 0 spiro atoms. The molecule has 3 nitrogen and oxygen atoms in total. The summed E-state index contributed by atoms with van der Waals surface area (Å²) >= 11 is 0. The van der Waals surface area contributed by atoms with Crippen LogP contribution < -0.4 is 5.32 Å². The summed E-state index contributed by atoms with van der Waals surface area (Å²) < 4.78 is 22.8. The first-order valence-corrected chi connectivity index (χ1v) is 5.72. The summed E-state index contributed by atoms with van der Waals surface area (Å²) in [5.74, 6) is 0.297. The van der Waals surface area contributed by atoms with Crippen molar-refractivity contribution < 1.29 is 8.42 Å². The standard InChI is InChI=1S/C7H15NO2S/c1-3-7-4-8-6(2)5-11(7,9)10/h6-8H,3-5H2,1-2H3. The van der Waals surface area contributed by atoms with Crippen molar-refractivity contribution in [3.63, 3.8) is 0 Å². The molecule has 0 amide bonds. The molecule has 1 aliphatic rings. The smallest absolute Gasteiger partial charge is 0.155 e. The van der Waals surface area contributed by atoms with Crippen LogP contribution in [-0.2, 0) is 9.84 Å². The van der Waals surface area contributed by atoms with E-state index in [2.05, 4.69) is 5.32 Å². The second-order valence-electron chi connectivity index (χ2n) is 3.17. The zero-order chi connectivity index (χ0) is 8.48. The Morgan fingerprint density at radius 3 is 2.64 bits per heavy atom. The molecule has 0 aromatic rings. The second-order valence-corrected chi connectivity index (χ2v) is 5.49. The van der Waals surface area contributed by atoms with Crippen LogP contribution in [0.2, 0.25) is 0 Å². The van der Waals surface area contributed by atoms with Crippen LogP contribution in [0.1, 0.15) is 20.3 Å². The van der Waals surface area contributed by atoms with Gasteiger partial charge in [0.05, 0.1) is 11.0 Å². The van der Waals surface area contributed by atoms with Gasteiger partial charge in [0.25, 0.3) is 0 Å². The topological polar surface area (TPSA) is 46.2 Å². The van der Waals surface area contributed by atoms with Crippen molar-refractivity contribution in [1.82, 2.24) is 5.32 Å². The van der Waals surface area contributed by atoms with Crippen molar-refractivity contribution in [1.29, 1.82) is 0 Å². The molecule has 1 saturated heterocycles. The quantitative estimate of drug-likeness (QED) is 0.621. The first kappa shape index (κ1) is 9.00. The minimum Gasteiger partial charge on any atom is -0.312 e. The Morgan fingerprint density at radius 1 is 1.55 bits per heavy atom. The average Bonchev–Trinajstić information content (AvgIpc) is 1.85. The Bertz CT molecular complexity index is 223. The van der Waals surface area contributed by atoms with E-state index in [1.165, 1.54) is 0 Å². The van der Waals surface area contributed by atoms with Gasteiger partial charge < -0.3 is 5.32 Å². The molecule has 1 N–H and O–H groups in total. The minimum atomic E-state index is -2.79. The maximum absolute atomic E-state index is 11.4. The van der Waals surface area contributed by atoms with Crippen molar-refractivity contribution >= 4 is 9.84 Å². The highest BCUT2D eigenvalue weighted by Crippen LogP contribution is 2.12. The van der Waals surface area contributed by atoms with E-state index in [0.717, 1.165) is 6.42 Å². The van der Waals surface area contributed by atoms with Gasteiger partial charge in [-0.3, -0.25) is 0 Å². The normalized spacial score (nSPS) is 36.9. The lowest BCUT2D eigenvalue weighted by atomic mass is 10.3. The van der Waals surface area contributed by atoms with E-state index in [9.17, 15) is 8.42 Å². The zero-order valence-corrected chi connectivity index (χ0v) is 7.82. The predicted molar refractivity (Wildman–Crippen MR) is 45.3 cm³/mol. The lowest BCUT2D eigenvalue weighted by molar-refractivity contribution is 0.496. The molecule has 0 aromatic heterocycles. The van der Waals surface area contributed by atoms with Gasteiger partial charge in [-0.15, -0.1) is 0 Å². The molecule has 0 bridgehead atoms. The highest BCUT2D eigenvalue weighted by Gasteiger charge is 2.30. The molecule has 0 aliphatic carbocycles. The first-order valence-electron chi connectivity index (χ1n) is 4.01. The Hall–Kier alpha value is -0.0900. The molecule has 2 unspecified atom stereocenters. The van der Waals surface area contributed by atoms with Gasteiger partial charge in [0.1, 0.15) is 0 Å². The summed E-state index contributed by atoms with van der Waals surface area (Å²) in [6, 6.07) is 0.128. The summed E-state index contributed by atoms with van der Waals surface area (Å²) in [7, 11) is -2.79. The van der Waals surface area contributed by atoms with Gasteiger partial charge in [-0.05, 0) is 13.3 Å². The van der Waals surface area contributed by atoms with Crippen molar-refractivity contribution in [3.05, 3.63) is 0 Å². The van der Waals surface area contributed by atoms with Crippen LogP contribution in [0.3, 0.4) is 0 Å². The average molecular weight is 177 g/mol. The maximum atomic E-state index is 11.4. The zero-order valence-electron chi connectivity index (χ0n) is 7.00. The Kier molecular flexibility index (Phi) is 2.54. The number of sulfone groups is 1. The van der Waals surface area contributed by atoms with Crippen LogP contribution in [0.25, 0.3) is 0 Å². The van der Waals surface area contributed by atoms with Gasteiger partial charge in [-0.1, -0.05) is 6.92 Å². The molecule has 4 heteroatoms. The van der Waals surface area contributed by atoms with Crippen LogP contribution >= 0.6 is 0 Å². The van der Waals surface area contributed by atoms with Crippen molar-refractivity contribution in [2.75, 3.05) is 12.3 Å². The number of rotatable bonds is 1. The molecule has 1 fully saturated rings. The van der Waals surface area contributed by atoms with Crippen molar-refractivity contribution in [2.24, 2.45) is 0 Å². The summed E-state index contributed by atoms with van der Waals surface area (Å²) in [6.07, 6.45) is 0.724. The number of nitrogens with one attached hydrogen (secondary N) is 1. The predicted octanol–water partition coefficient (Wildman–Crippen LogP) is 0.172.